The lowest BCUT2D eigenvalue weighted by molar-refractivity contribution is 0.315. The molecule has 1 heterocycles. The zero-order valence-corrected chi connectivity index (χ0v) is 9.32. The third-order valence-corrected chi connectivity index (χ3v) is 2.96. The van der Waals surface area contributed by atoms with Crippen LogP contribution in [0.25, 0.3) is 11.0 Å². The van der Waals surface area contributed by atoms with Crippen molar-refractivity contribution >= 4 is 26.9 Å². The van der Waals surface area contributed by atoms with E-state index < -0.39 is 15.1 Å². The summed E-state index contributed by atoms with van der Waals surface area (Å²) in [4.78, 5) is 1.16. The standard InChI is InChI=1S/C8H8FN3O3S/c1-12(2)5-3-4-6(16(9,13)14)8-7(5)10-15-11-8/h3-4H,1-2H3. The number of fused-ring (bicyclic) bond motifs is 1. The molecular formula is C8H8FN3O3S. The number of hydrogen-bond acceptors (Lipinski definition) is 6. The number of nitrogens with zero attached hydrogens (tertiary/aromatic N) is 3. The number of anilines is 1. The molecule has 1 aromatic carbocycles. The van der Waals surface area contributed by atoms with E-state index in [1.807, 2.05) is 0 Å². The molecule has 2 rings (SSSR count). The molecule has 16 heavy (non-hydrogen) atoms. The van der Waals surface area contributed by atoms with Crippen LogP contribution in [0.2, 0.25) is 0 Å². The summed E-state index contributed by atoms with van der Waals surface area (Å²) in [5, 5.41) is 6.95. The number of aromatic nitrogens is 2. The highest BCUT2D eigenvalue weighted by molar-refractivity contribution is 7.86. The van der Waals surface area contributed by atoms with Gasteiger partial charge in [0.1, 0.15) is 4.90 Å². The van der Waals surface area contributed by atoms with Crippen molar-refractivity contribution in [3.8, 4) is 0 Å². The van der Waals surface area contributed by atoms with Crippen molar-refractivity contribution in [3.05, 3.63) is 12.1 Å². The SMILES string of the molecule is CN(C)c1ccc(S(=O)(=O)F)c2nonc12. The lowest BCUT2D eigenvalue weighted by atomic mass is 10.2. The highest BCUT2D eigenvalue weighted by Gasteiger charge is 2.22. The highest BCUT2D eigenvalue weighted by atomic mass is 32.3. The fraction of sp³-hybridized carbons (Fsp3) is 0.250. The monoisotopic (exact) mass is 245 g/mol. The first-order valence-electron chi connectivity index (χ1n) is 4.28. The Balaban J connectivity index is 2.84. The van der Waals surface area contributed by atoms with Crippen molar-refractivity contribution in [3.63, 3.8) is 0 Å². The van der Waals surface area contributed by atoms with Crippen LogP contribution in [-0.2, 0) is 10.2 Å². The largest absolute Gasteiger partial charge is 0.376 e. The second-order valence-electron chi connectivity index (χ2n) is 3.38. The van der Waals surface area contributed by atoms with Crippen LogP contribution in [0.4, 0.5) is 9.57 Å². The minimum Gasteiger partial charge on any atom is -0.376 e. The van der Waals surface area contributed by atoms with E-state index in [1.165, 1.54) is 6.07 Å². The van der Waals surface area contributed by atoms with Gasteiger partial charge < -0.3 is 4.90 Å². The third kappa shape index (κ3) is 1.60. The molecule has 0 fully saturated rings. The average molecular weight is 245 g/mol. The Hall–Kier alpha value is -1.70. The van der Waals surface area contributed by atoms with Crippen molar-refractivity contribution in [2.75, 3.05) is 19.0 Å². The van der Waals surface area contributed by atoms with Crippen molar-refractivity contribution in [2.24, 2.45) is 0 Å². The van der Waals surface area contributed by atoms with E-state index in [0.29, 0.717) is 5.69 Å². The van der Waals surface area contributed by atoms with Gasteiger partial charge in [0.15, 0.2) is 11.0 Å². The molecule has 86 valence electrons. The van der Waals surface area contributed by atoms with Crippen LogP contribution in [-0.4, -0.2) is 32.8 Å². The summed E-state index contributed by atoms with van der Waals surface area (Å²) in [5.41, 5.74) is 0.709. The summed E-state index contributed by atoms with van der Waals surface area (Å²) < 4.78 is 39.0. The summed E-state index contributed by atoms with van der Waals surface area (Å²) in [5.74, 6) is 0. The van der Waals surface area contributed by atoms with Crippen LogP contribution in [0.3, 0.4) is 0 Å². The van der Waals surface area contributed by atoms with Gasteiger partial charge in [-0.1, -0.05) is 0 Å². The molecule has 0 amide bonds. The highest BCUT2D eigenvalue weighted by Crippen LogP contribution is 2.28. The number of benzene rings is 1. The summed E-state index contributed by atoms with van der Waals surface area (Å²) >= 11 is 0. The fourth-order valence-corrected chi connectivity index (χ4v) is 1.98. The zero-order valence-electron chi connectivity index (χ0n) is 8.51. The first kappa shape index (κ1) is 10.8. The molecule has 0 aliphatic heterocycles. The topological polar surface area (TPSA) is 76.3 Å². The van der Waals surface area contributed by atoms with Gasteiger partial charge in [0.05, 0.1) is 5.69 Å². The molecule has 0 spiro atoms. The van der Waals surface area contributed by atoms with Crippen LogP contribution >= 0.6 is 0 Å². The van der Waals surface area contributed by atoms with Crippen LogP contribution in [0.1, 0.15) is 0 Å². The van der Waals surface area contributed by atoms with Crippen molar-refractivity contribution < 1.29 is 16.9 Å². The van der Waals surface area contributed by atoms with Gasteiger partial charge in [0.2, 0.25) is 0 Å². The summed E-state index contributed by atoms with van der Waals surface area (Å²) in [6.45, 7) is 0. The Morgan fingerprint density at radius 3 is 2.44 bits per heavy atom. The van der Waals surface area contributed by atoms with Gasteiger partial charge in [0, 0.05) is 14.1 Å². The molecule has 2 aromatic rings. The van der Waals surface area contributed by atoms with E-state index in [4.69, 9.17) is 0 Å². The number of hydrogen-bond donors (Lipinski definition) is 0. The second kappa shape index (κ2) is 3.41. The maximum atomic E-state index is 12.9. The van der Waals surface area contributed by atoms with Crippen LogP contribution in [0.5, 0.6) is 0 Å². The molecule has 0 aliphatic rings. The van der Waals surface area contributed by atoms with E-state index in [0.717, 1.165) is 6.07 Å². The fourth-order valence-electron chi connectivity index (χ4n) is 1.39. The van der Waals surface area contributed by atoms with Gasteiger partial charge in [-0.2, -0.15) is 8.42 Å². The van der Waals surface area contributed by atoms with E-state index in [1.54, 1.807) is 19.0 Å². The first-order chi connectivity index (χ1) is 7.41. The normalized spacial score (nSPS) is 11.9. The van der Waals surface area contributed by atoms with Crippen LogP contribution < -0.4 is 4.90 Å². The van der Waals surface area contributed by atoms with Crippen molar-refractivity contribution in [1.29, 1.82) is 0 Å². The Kier molecular flexibility index (Phi) is 2.30. The van der Waals surface area contributed by atoms with Gasteiger partial charge in [-0.05, 0) is 22.4 Å². The third-order valence-electron chi connectivity index (χ3n) is 2.10. The van der Waals surface area contributed by atoms with Crippen LogP contribution in [0.15, 0.2) is 21.7 Å². The van der Waals surface area contributed by atoms with Gasteiger partial charge in [-0.25, -0.2) is 4.63 Å². The Bertz CT molecular complexity index is 635. The predicted molar refractivity (Wildman–Crippen MR) is 54.4 cm³/mol. The van der Waals surface area contributed by atoms with Crippen LogP contribution in [0, 0.1) is 0 Å². The van der Waals surface area contributed by atoms with Gasteiger partial charge in [0.25, 0.3) is 0 Å². The van der Waals surface area contributed by atoms with E-state index in [9.17, 15) is 12.3 Å². The molecule has 0 saturated carbocycles. The quantitative estimate of drug-likeness (QED) is 0.733. The predicted octanol–water partition coefficient (Wildman–Crippen LogP) is 0.947. The minimum atomic E-state index is -4.82. The lowest BCUT2D eigenvalue weighted by Crippen LogP contribution is -2.09. The minimum absolute atomic E-state index is 0.103. The first-order valence-corrected chi connectivity index (χ1v) is 5.67. The van der Waals surface area contributed by atoms with Crippen molar-refractivity contribution in [2.45, 2.75) is 4.90 Å². The molecule has 0 bridgehead atoms. The smallest absolute Gasteiger partial charge is 0.334 e. The molecule has 0 N–H and O–H groups in total. The maximum Gasteiger partial charge on any atom is 0.334 e. The van der Waals surface area contributed by atoms with Gasteiger partial charge in [-0.15, -0.1) is 3.89 Å². The molecule has 0 aliphatic carbocycles. The molecule has 1 aromatic heterocycles. The molecule has 0 unspecified atom stereocenters. The average Bonchev–Trinajstić information content (AvgIpc) is 2.61. The molecule has 6 nitrogen and oxygen atoms in total. The number of halogens is 1. The van der Waals surface area contributed by atoms with Crippen molar-refractivity contribution in [1.82, 2.24) is 10.3 Å². The molecule has 0 saturated heterocycles. The van der Waals surface area contributed by atoms with Gasteiger partial charge >= 0.3 is 10.2 Å². The molecule has 0 radical (unpaired) electrons. The lowest BCUT2D eigenvalue weighted by Gasteiger charge is -2.11. The van der Waals surface area contributed by atoms with E-state index >= 15 is 0 Å². The molecular weight excluding hydrogens is 237 g/mol. The second-order valence-corrected chi connectivity index (χ2v) is 4.69. The summed E-state index contributed by atoms with van der Waals surface area (Å²) in [6, 6.07) is 2.58. The van der Waals surface area contributed by atoms with Gasteiger partial charge in [-0.3, -0.25) is 0 Å². The van der Waals surface area contributed by atoms with E-state index in [2.05, 4.69) is 14.9 Å². The summed E-state index contributed by atoms with van der Waals surface area (Å²) in [6.07, 6.45) is 0. The Labute approximate surface area is 90.8 Å². The number of rotatable bonds is 2. The maximum absolute atomic E-state index is 12.9. The zero-order chi connectivity index (χ0) is 11.9. The Morgan fingerprint density at radius 1 is 1.25 bits per heavy atom. The Morgan fingerprint density at radius 2 is 1.88 bits per heavy atom. The van der Waals surface area contributed by atoms with E-state index in [-0.39, 0.29) is 11.0 Å². The summed E-state index contributed by atoms with van der Waals surface area (Å²) in [7, 11) is -1.34. The molecule has 0 atom stereocenters. The molecule has 8 heteroatoms.